The van der Waals surface area contributed by atoms with Gasteiger partial charge in [-0.15, -0.1) is 6.58 Å². The van der Waals surface area contributed by atoms with Gasteiger partial charge in [-0.2, -0.15) is 0 Å². The highest BCUT2D eigenvalue weighted by molar-refractivity contribution is 7.01. The van der Waals surface area contributed by atoms with E-state index in [2.05, 4.69) is 30.8 Å². The van der Waals surface area contributed by atoms with Gasteiger partial charge in [0.05, 0.1) is 13.0 Å². The van der Waals surface area contributed by atoms with Gasteiger partial charge in [0.1, 0.15) is 0 Å². The zero-order chi connectivity index (χ0) is 16.7. The van der Waals surface area contributed by atoms with Gasteiger partial charge in [-0.1, -0.05) is 66.4 Å². The van der Waals surface area contributed by atoms with Crippen molar-refractivity contribution in [2.24, 2.45) is 5.92 Å². The summed E-state index contributed by atoms with van der Waals surface area (Å²) < 4.78 is 11.1. The molecule has 0 heterocycles. The third-order valence-corrected chi connectivity index (χ3v) is 7.44. The highest BCUT2D eigenvalue weighted by Gasteiger charge is 2.37. The maximum atomic E-state index is 11.7. The number of rotatable bonds is 7. The minimum Gasteiger partial charge on any atom is -0.469 e. The van der Waals surface area contributed by atoms with Crippen molar-refractivity contribution in [1.82, 2.24) is 0 Å². The van der Waals surface area contributed by atoms with Gasteiger partial charge in [0.25, 0.3) is 8.32 Å². The molecule has 120 valence electrons. The molecule has 4 heteroatoms. The molecule has 23 heavy (non-hydrogen) atoms. The van der Waals surface area contributed by atoms with Crippen LogP contribution in [0.25, 0.3) is 0 Å². The van der Waals surface area contributed by atoms with Crippen LogP contribution in [0.1, 0.15) is 6.92 Å². The highest BCUT2D eigenvalue weighted by Crippen LogP contribution is 2.12. The Labute approximate surface area is 138 Å². The van der Waals surface area contributed by atoms with Crippen molar-refractivity contribution in [3.05, 3.63) is 72.9 Å². The van der Waals surface area contributed by atoms with E-state index in [-0.39, 0.29) is 11.9 Å². The first kappa shape index (κ1) is 17.2. The highest BCUT2D eigenvalue weighted by atomic mass is 28.4. The molecule has 2 rings (SSSR count). The summed E-state index contributed by atoms with van der Waals surface area (Å²) in [6.07, 6.45) is 0. The number of benzene rings is 2. The van der Waals surface area contributed by atoms with Crippen molar-refractivity contribution in [2.75, 3.05) is 13.7 Å². The molecule has 3 nitrogen and oxygen atoms in total. The first-order valence-electron chi connectivity index (χ1n) is 7.60. The first-order valence-corrected chi connectivity index (χ1v) is 9.59. The topological polar surface area (TPSA) is 35.5 Å². The molecule has 0 aliphatic carbocycles. The largest absolute Gasteiger partial charge is 0.469 e. The Bertz CT molecular complexity index is 601. The predicted molar refractivity (Wildman–Crippen MR) is 95.2 cm³/mol. The van der Waals surface area contributed by atoms with Gasteiger partial charge < -0.3 is 9.16 Å². The second kappa shape index (κ2) is 7.90. The number of carbonyl (C=O) groups excluding carboxylic acids is 1. The molecule has 0 saturated carbocycles. The summed E-state index contributed by atoms with van der Waals surface area (Å²) >= 11 is 0. The summed E-state index contributed by atoms with van der Waals surface area (Å²) in [7, 11) is -1.19. The molecule has 0 unspecified atom stereocenters. The van der Waals surface area contributed by atoms with Crippen LogP contribution < -0.4 is 10.4 Å². The fourth-order valence-corrected chi connectivity index (χ4v) is 5.67. The predicted octanol–water partition coefficient (Wildman–Crippen LogP) is 2.30. The van der Waals surface area contributed by atoms with Gasteiger partial charge in [-0.3, -0.25) is 4.79 Å². The average molecular weight is 326 g/mol. The van der Waals surface area contributed by atoms with Gasteiger partial charge in [0, 0.05) is 6.61 Å². The standard InChI is InChI=1S/C19H22O3Si/c1-4-23(17-11-7-5-8-12-17,18-13-9-6-10-14-18)22-15-16(2)19(20)21-3/h4-14,16H,1,15H2,2-3H3/t16-/m0/s1. The lowest BCUT2D eigenvalue weighted by atomic mass is 10.2. The van der Waals surface area contributed by atoms with Crippen molar-refractivity contribution in [1.29, 1.82) is 0 Å². The van der Waals surface area contributed by atoms with Gasteiger partial charge in [-0.05, 0) is 17.3 Å². The molecule has 2 aromatic rings. The van der Waals surface area contributed by atoms with E-state index in [1.54, 1.807) is 0 Å². The minimum absolute atomic E-state index is 0.266. The fourth-order valence-electron chi connectivity index (χ4n) is 2.53. The Balaban J connectivity index is 2.39. The third kappa shape index (κ3) is 3.78. The molecule has 0 aromatic heterocycles. The number of carbonyl (C=O) groups is 1. The molecule has 0 amide bonds. The molecule has 0 bridgehead atoms. The van der Waals surface area contributed by atoms with Crippen molar-refractivity contribution < 1.29 is 14.0 Å². The van der Waals surface area contributed by atoms with Crippen LogP contribution in [0, 0.1) is 5.92 Å². The summed E-state index contributed by atoms with van der Waals surface area (Å²) in [5.41, 5.74) is 1.92. The monoisotopic (exact) mass is 326 g/mol. The van der Waals surface area contributed by atoms with Crippen LogP contribution in [0.4, 0.5) is 0 Å². The molecule has 1 atom stereocenters. The molecular formula is C19H22O3Si. The lowest BCUT2D eigenvalue weighted by Gasteiger charge is -2.30. The van der Waals surface area contributed by atoms with Crippen LogP contribution in [-0.2, 0) is 14.0 Å². The Hall–Kier alpha value is -2.17. The van der Waals surface area contributed by atoms with E-state index >= 15 is 0 Å². The Morgan fingerprint density at radius 2 is 1.57 bits per heavy atom. The molecule has 0 radical (unpaired) electrons. The molecule has 0 aliphatic heterocycles. The summed E-state index contributed by atoms with van der Waals surface area (Å²) in [5.74, 6) is -0.586. The van der Waals surface area contributed by atoms with E-state index in [9.17, 15) is 4.79 Å². The molecular weight excluding hydrogens is 304 g/mol. The van der Waals surface area contributed by atoms with E-state index in [4.69, 9.17) is 9.16 Å². The molecule has 0 saturated heterocycles. The van der Waals surface area contributed by atoms with Crippen LogP contribution in [-0.4, -0.2) is 28.0 Å². The Kier molecular flexibility index (Phi) is 5.90. The van der Waals surface area contributed by atoms with Gasteiger partial charge in [0.2, 0.25) is 0 Å². The number of methoxy groups -OCH3 is 1. The molecule has 0 fully saturated rings. The van der Waals surface area contributed by atoms with Crippen LogP contribution in [0.3, 0.4) is 0 Å². The van der Waals surface area contributed by atoms with E-state index in [1.807, 2.05) is 49.0 Å². The third-order valence-electron chi connectivity index (χ3n) is 3.86. The van der Waals surface area contributed by atoms with Gasteiger partial charge in [0.15, 0.2) is 0 Å². The smallest absolute Gasteiger partial charge is 0.310 e. The molecule has 2 aromatic carbocycles. The van der Waals surface area contributed by atoms with Crippen LogP contribution in [0.15, 0.2) is 72.9 Å². The summed E-state index contributed by atoms with van der Waals surface area (Å²) in [6.45, 7) is 6.16. The van der Waals surface area contributed by atoms with Gasteiger partial charge in [-0.25, -0.2) is 0 Å². The molecule has 0 spiro atoms. The Morgan fingerprint density at radius 1 is 1.09 bits per heavy atom. The van der Waals surface area contributed by atoms with Crippen LogP contribution in [0.5, 0.6) is 0 Å². The van der Waals surface area contributed by atoms with Crippen molar-refractivity contribution in [3.8, 4) is 0 Å². The Morgan fingerprint density at radius 3 is 1.96 bits per heavy atom. The van der Waals surface area contributed by atoms with Crippen molar-refractivity contribution >= 4 is 24.7 Å². The lowest BCUT2D eigenvalue weighted by molar-refractivity contribution is -0.145. The number of hydrogen-bond acceptors (Lipinski definition) is 3. The van der Waals surface area contributed by atoms with Crippen LogP contribution >= 0.6 is 0 Å². The lowest BCUT2D eigenvalue weighted by Crippen LogP contribution is -2.60. The molecule has 0 aliphatic rings. The van der Waals surface area contributed by atoms with Gasteiger partial charge >= 0.3 is 5.97 Å². The van der Waals surface area contributed by atoms with Crippen LogP contribution in [0.2, 0.25) is 0 Å². The SMILES string of the molecule is C=C[Si](OC[C@H](C)C(=O)OC)(c1ccccc1)c1ccccc1. The summed E-state index contributed by atoms with van der Waals surface area (Å²) in [5, 5.41) is 2.22. The van der Waals surface area contributed by atoms with Crippen molar-refractivity contribution in [2.45, 2.75) is 6.92 Å². The second-order valence-corrected chi connectivity index (χ2v) is 8.73. The number of hydrogen-bond donors (Lipinski definition) is 0. The first-order chi connectivity index (χ1) is 11.1. The van der Waals surface area contributed by atoms with E-state index in [1.165, 1.54) is 7.11 Å². The van der Waals surface area contributed by atoms with E-state index in [0.717, 1.165) is 10.4 Å². The average Bonchev–Trinajstić information content (AvgIpc) is 2.63. The second-order valence-electron chi connectivity index (χ2n) is 5.41. The zero-order valence-corrected chi connectivity index (χ0v) is 14.6. The van der Waals surface area contributed by atoms with E-state index in [0.29, 0.717) is 6.61 Å². The summed E-state index contributed by atoms with van der Waals surface area (Å²) in [4.78, 5) is 11.7. The maximum absolute atomic E-state index is 11.7. The summed E-state index contributed by atoms with van der Waals surface area (Å²) in [6, 6.07) is 20.2. The minimum atomic E-state index is -2.59. The maximum Gasteiger partial charge on any atom is 0.310 e. The number of esters is 1. The molecule has 0 N–H and O–H groups in total. The quantitative estimate of drug-likeness (QED) is 0.578. The zero-order valence-electron chi connectivity index (χ0n) is 13.6. The number of ether oxygens (including phenoxy) is 1. The van der Waals surface area contributed by atoms with Crippen molar-refractivity contribution in [3.63, 3.8) is 0 Å². The fraction of sp³-hybridized carbons (Fsp3) is 0.211. The normalized spacial score (nSPS) is 12.4. The van der Waals surface area contributed by atoms with E-state index < -0.39 is 8.32 Å².